The Morgan fingerprint density at radius 1 is 0.780 bits per heavy atom. The van der Waals surface area contributed by atoms with Crippen LogP contribution in [0, 0.1) is 0 Å². The first-order valence-electron chi connectivity index (χ1n) is 14.9. The van der Waals surface area contributed by atoms with Crippen LogP contribution in [0.15, 0.2) is 34.3 Å². The molecular formula is C35H50N2O4. The maximum atomic E-state index is 12.0. The topological polar surface area (TPSA) is 91.5 Å². The summed E-state index contributed by atoms with van der Waals surface area (Å²) in [5.41, 5.74) is 3.40. The summed E-state index contributed by atoms with van der Waals surface area (Å²) < 4.78 is 5.51. The number of phenolic OH excluding ortho intramolecular Hbond substituents is 2. The average molecular weight is 563 g/mol. The lowest BCUT2D eigenvalue weighted by Gasteiger charge is -2.28. The normalized spacial score (nSPS) is 18.8. The first-order valence-corrected chi connectivity index (χ1v) is 14.9. The Balaban J connectivity index is 1.98. The largest absolute Gasteiger partial charge is 0.507 e. The Bertz CT molecular complexity index is 1300. The van der Waals surface area contributed by atoms with Gasteiger partial charge < -0.3 is 14.9 Å². The van der Waals surface area contributed by atoms with Crippen LogP contribution in [0.3, 0.4) is 0 Å². The fraction of sp³-hybridized carbons (Fsp3) is 0.571. The molecule has 0 radical (unpaired) electrons. The zero-order chi connectivity index (χ0) is 30.8. The number of ether oxygens (including phenoxy) is 1. The molecule has 0 heterocycles. The molecule has 2 aromatic carbocycles. The van der Waals surface area contributed by atoms with Crippen molar-refractivity contribution in [1.29, 1.82) is 0 Å². The number of carbonyl (C=O) groups is 1. The third kappa shape index (κ3) is 8.21. The maximum absolute atomic E-state index is 12.0. The molecule has 3 rings (SSSR count). The van der Waals surface area contributed by atoms with Gasteiger partial charge in [0, 0.05) is 41.1 Å². The van der Waals surface area contributed by atoms with E-state index in [1.807, 2.05) is 33.1 Å². The molecule has 0 bridgehead atoms. The van der Waals surface area contributed by atoms with Gasteiger partial charge in [-0.05, 0) is 52.8 Å². The van der Waals surface area contributed by atoms with E-state index in [0.29, 0.717) is 16.9 Å². The van der Waals surface area contributed by atoms with Crippen LogP contribution in [-0.2, 0) is 21.0 Å². The quantitative estimate of drug-likeness (QED) is 0.211. The highest BCUT2D eigenvalue weighted by molar-refractivity contribution is 5.87. The van der Waals surface area contributed by atoms with Crippen LogP contribution >= 0.6 is 0 Å². The van der Waals surface area contributed by atoms with E-state index in [1.54, 1.807) is 25.3 Å². The lowest BCUT2D eigenvalue weighted by atomic mass is 9.79. The Morgan fingerprint density at radius 3 is 1.68 bits per heavy atom. The van der Waals surface area contributed by atoms with E-state index in [2.05, 4.69) is 47.6 Å². The summed E-state index contributed by atoms with van der Waals surface area (Å²) in [4.78, 5) is 21.9. The van der Waals surface area contributed by atoms with Crippen LogP contribution in [-0.4, -0.2) is 40.7 Å². The van der Waals surface area contributed by atoms with E-state index < -0.39 is 0 Å². The minimum absolute atomic E-state index is 0.0406. The van der Waals surface area contributed by atoms with Gasteiger partial charge >= 0.3 is 5.97 Å². The number of aliphatic imine (C=N–C) groups is 2. The molecule has 0 amide bonds. The van der Waals surface area contributed by atoms with Crippen molar-refractivity contribution < 1.29 is 19.7 Å². The predicted octanol–water partition coefficient (Wildman–Crippen LogP) is 8.15. The molecule has 2 atom stereocenters. The highest BCUT2D eigenvalue weighted by Gasteiger charge is 2.27. The number of hydrogen-bond acceptors (Lipinski definition) is 6. The van der Waals surface area contributed by atoms with E-state index in [1.165, 1.54) is 0 Å². The fourth-order valence-corrected chi connectivity index (χ4v) is 5.11. The molecule has 6 nitrogen and oxygen atoms in total. The first kappa shape index (κ1) is 32.4. The molecule has 1 fully saturated rings. The van der Waals surface area contributed by atoms with Crippen molar-refractivity contribution in [3.05, 3.63) is 52.1 Å². The van der Waals surface area contributed by atoms with Crippen molar-refractivity contribution in [3.8, 4) is 17.2 Å². The molecule has 224 valence electrons. The minimum atomic E-state index is -0.353. The van der Waals surface area contributed by atoms with Gasteiger partial charge in [0.15, 0.2) is 0 Å². The summed E-state index contributed by atoms with van der Waals surface area (Å²) in [6.07, 6.45) is 7.69. The van der Waals surface area contributed by atoms with E-state index in [0.717, 1.165) is 42.4 Å². The molecule has 0 unspecified atom stereocenters. The lowest BCUT2D eigenvalue weighted by Crippen LogP contribution is -2.27. The van der Waals surface area contributed by atoms with Crippen LogP contribution in [0.1, 0.15) is 129 Å². The number of carbonyl (C=O) groups excluding carboxylic acids is 1. The van der Waals surface area contributed by atoms with Crippen LogP contribution in [0.25, 0.3) is 0 Å². The van der Waals surface area contributed by atoms with Gasteiger partial charge in [-0.25, -0.2) is 0 Å². The molecule has 2 aromatic rings. The number of phenols is 2. The minimum Gasteiger partial charge on any atom is -0.507 e. The SMILES string of the molecule is CCC(=O)Oc1cc(C=N[C@@H]2CCCC[C@H]2N=Cc2cc(C(C)(C)C)cc(C(C)(C)C)c2O)c(O)c(C(C)(C)C)c1. The van der Waals surface area contributed by atoms with Gasteiger partial charge in [0.2, 0.25) is 0 Å². The second-order valence-corrected chi connectivity index (χ2v) is 14.4. The van der Waals surface area contributed by atoms with Gasteiger partial charge in [0.1, 0.15) is 17.2 Å². The monoisotopic (exact) mass is 562 g/mol. The first-order chi connectivity index (χ1) is 18.9. The third-order valence-corrected chi connectivity index (χ3v) is 7.76. The molecule has 1 saturated carbocycles. The number of aromatic hydroxyl groups is 2. The Hall–Kier alpha value is -3.15. The summed E-state index contributed by atoms with van der Waals surface area (Å²) >= 11 is 0. The predicted molar refractivity (Wildman–Crippen MR) is 169 cm³/mol. The molecule has 1 aliphatic carbocycles. The van der Waals surface area contributed by atoms with Crippen molar-refractivity contribution in [2.24, 2.45) is 9.98 Å². The highest BCUT2D eigenvalue weighted by Crippen LogP contribution is 2.38. The number of hydrogen-bond donors (Lipinski definition) is 2. The average Bonchev–Trinajstić information content (AvgIpc) is 2.86. The molecule has 41 heavy (non-hydrogen) atoms. The second kappa shape index (κ2) is 12.4. The van der Waals surface area contributed by atoms with E-state index in [9.17, 15) is 15.0 Å². The lowest BCUT2D eigenvalue weighted by molar-refractivity contribution is -0.134. The molecule has 1 aliphatic rings. The summed E-state index contributed by atoms with van der Waals surface area (Å²) in [5.74, 6) is 0.506. The van der Waals surface area contributed by atoms with Gasteiger partial charge in [-0.3, -0.25) is 14.8 Å². The number of rotatable bonds is 6. The number of esters is 1. The highest BCUT2D eigenvalue weighted by atomic mass is 16.5. The van der Waals surface area contributed by atoms with Gasteiger partial charge in [-0.1, -0.05) is 88.1 Å². The molecule has 0 aromatic heterocycles. The fourth-order valence-electron chi connectivity index (χ4n) is 5.11. The summed E-state index contributed by atoms with van der Waals surface area (Å²) in [7, 11) is 0. The van der Waals surface area contributed by atoms with Crippen molar-refractivity contribution in [3.63, 3.8) is 0 Å². The molecule has 6 heteroatoms. The zero-order valence-corrected chi connectivity index (χ0v) is 26.8. The second-order valence-electron chi connectivity index (χ2n) is 14.4. The van der Waals surface area contributed by atoms with Crippen molar-refractivity contribution in [1.82, 2.24) is 0 Å². The smallest absolute Gasteiger partial charge is 0.310 e. The molecule has 0 saturated heterocycles. The molecular weight excluding hydrogens is 512 g/mol. The Labute approximate surface area is 247 Å². The van der Waals surface area contributed by atoms with Crippen LogP contribution in [0.5, 0.6) is 17.2 Å². The third-order valence-electron chi connectivity index (χ3n) is 7.76. The van der Waals surface area contributed by atoms with Crippen molar-refractivity contribution in [2.75, 3.05) is 0 Å². The number of benzene rings is 2. The Morgan fingerprint density at radius 2 is 1.24 bits per heavy atom. The summed E-state index contributed by atoms with van der Waals surface area (Å²) in [6.45, 7) is 20.6. The van der Waals surface area contributed by atoms with Gasteiger partial charge in [-0.2, -0.15) is 0 Å². The van der Waals surface area contributed by atoms with Crippen molar-refractivity contribution in [2.45, 2.75) is 130 Å². The van der Waals surface area contributed by atoms with E-state index in [4.69, 9.17) is 14.7 Å². The van der Waals surface area contributed by atoms with Crippen LogP contribution in [0.4, 0.5) is 0 Å². The summed E-state index contributed by atoms with van der Waals surface area (Å²) in [6, 6.07) is 7.47. The van der Waals surface area contributed by atoms with E-state index in [-0.39, 0.29) is 52.2 Å². The molecule has 0 spiro atoms. The van der Waals surface area contributed by atoms with Gasteiger partial charge in [0.05, 0.1) is 12.1 Å². The van der Waals surface area contributed by atoms with Gasteiger partial charge in [0.25, 0.3) is 0 Å². The molecule has 2 N–H and O–H groups in total. The van der Waals surface area contributed by atoms with Crippen LogP contribution in [0.2, 0.25) is 0 Å². The van der Waals surface area contributed by atoms with Gasteiger partial charge in [-0.15, -0.1) is 0 Å². The molecule has 0 aliphatic heterocycles. The maximum Gasteiger partial charge on any atom is 0.310 e. The number of nitrogens with zero attached hydrogens (tertiary/aromatic N) is 2. The zero-order valence-electron chi connectivity index (χ0n) is 26.8. The van der Waals surface area contributed by atoms with Crippen molar-refractivity contribution >= 4 is 18.4 Å². The Kier molecular flexibility index (Phi) is 9.77. The van der Waals surface area contributed by atoms with E-state index >= 15 is 0 Å². The standard InChI is InChI=1S/C35H50N2O4/c1-11-30(38)41-25-17-23(32(40)27(19-25)35(8,9)10)21-37-29-15-13-12-14-28(29)36-20-22-16-24(33(2,3)4)18-26(31(22)39)34(5,6)7/h16-21,28-29,39-40H,11-15H2,1-10H3/t28-,29-/m1/s1. The van der Waals surface area contributed by atoms with Crippen LogP contribution < -0.4 is 4.74 Å². The summed E-state index contributed by atoms with van der Waals surface area (Å²) in [5, 5.41) is 22.3.